The zero-order valence-corrected chi connectivity index (χ0v) is 20.2. The SMILES string of the molecule is COc1cccc(NC(=S)N2CCC3(CCN(C(=O)c4csc([N+](=O)[O-])c4OC)C3)CC2)c1. The first-order valence-electron chi connectivity index (χ1n) is 10.6. The molecule has 0 radical (unpaired) electrons. The van der Waals surface area contributed by atoms with Crippen LogP contribution in [0.1, 0.15) is 29.6 Å². The van der Waals surface area contributed by atoms with Crippen LogP contribution in [0.15, 0.2) is 29.6 Å². The Bertz CT molecular complexity index is 1060. The molecule has 11 heteroatoms. The lowest BCUT2D eigenvalue weighted by molar-refractivity contribution is -0.381. The molecule has 1 amide bonds. The molecule has 1 spiro atoms. The lowest BCUT2D eigenvalue weighted by atomic mass is 9.78. The third-order valence-electron chi connectivity index (χ3n) is 6.49. The largest absolute Gasteiger partial charge is 0.497 e. The van der Waals surface area contributed by atoms with Crippen LogP contribution in [-0.4, -0.2) is 66.1 Å². The van der Waals surface area contributed by atoms with Gasteiger partial charge in [0.05, 0.1) is 24.7 Å². The number of nitrogens with one attached hydrogen (secondary N) is 1. The lowest BCUT2D eigenvalue weighted by Gasteiger charge is -2.40. The van der Waals surface area contributed by atoms with Crippen molar-refractivity contribution in [3.8, 4) is 11.5 Å². The molecule has 2 aliphatic rings. The second-order valence-corrected chi connectivity index (χ2v) is 9.62. The van der Waals surface area contributed by atoms with Crippen molar-refractivity contribution < 1.29 is 19.2 Å². The Morgan fingerprint density at radius 3 is 2.52 bits per heavy atom. The Morgan fingerprint density at radius 2 is 1.88 bits per heavy atom. The number of hydrogen-bond acceptors (Lipinski definition) is 7. The summed E-state index contributed by atoms with van der Waals surface area (Å²) in [4.78, 5) is 27.7. The highest BCUT2D eigenvalue weighted by atomic mass is 32.1. The molecule has 0 unspecified atom stereocenters. The van der Waals surface area contributed by atoms with Crippen molar-refractivity contribution in [1.82, 2.24) is 9.80 Å². The first kappa shape index (κ1) is 23.2. The molecule has 0 bridgehead atoms. The number of rotatable bonds is 5. The van der Waals surface area contributed by atoms with E-state index in [-0.39, 0.29) is 27.6 Å². The fourth-order valence-corrected chi connectivity index (χ4v) is 5.71. The molecule has 1 N–H and O–H groups in total. The number of ether oxygens (including phenoxy) is 2. The van der Waals surface area contributed by atoms with E-state index in [1.54, 1.807) is 12.0 Å². The number of carbonyl (C=O) groups excluding carboxylic acids is 1. The number of carbonyl (C=O) groups is 1. The van der Waals surface area contributed by atoms with E-state index in [2.05, 4.69) is 10.2 Å². The maximum Gasteiger partial charge on any atom is 0.366 e. The summed E-state index contributed by atoms with van der Waals surface area (Å²) in [5, 5.41) is 16.5. The molecule has 2 saturated heterocycles. The maximum absolute atomic E-state index is 13.1. The van der Waals surface area contributed by atoms with Gasteiger partial charge in [0.1, 0.15) is 5.75 Å². The molecule has 0 aliphatic carbocycles. The third kappa shape index (κ3) is 4.74. The van der Waals surface area contributed by atoms with Crippen LogP contribution in [-0.2, 0) is 0 Å². The van der Waals surface area contributed by atoms with Crippen LogP contribution in [0, 0.1) is 15.5 Å². The van der Waals surface area contributed by atoms with Crippen LogP contribution >= 0.6 is 23.6 Å². The molecule has 2 aliphatic heterocycles. The van der Waals surface area contributed by atoms with E-state index < -0.39 is 4.92 Å². The summed E-state index contributed by atoms with van der Waals surface area (Å²) >= 11 is 6.54. The number of thiophene rings is 1. The summed E-state index contributed by atoms with van der Waals surface area (Å²) in [5.74, 6) is 0.620. The summed E-state index contributed by atoms with van der Waals surface area (Å²) in [6.45, 7) is 2.90. The van der Waals surface area contributed by atoms with Crippen LogP contribution in [0.2, 0.25) is 0 Å². The van der Waals surface area contributed by atoms with Crippen LogP contribution < -0.4 is 14.8 Å². The van der Waals surface area contributed by atoms with E-state index in [1.165, 1.54) is 12.5 Å². The molecule has 0 atom stereocenters. The fourth-order valence-electron chi connectivity index (χ4n) is 4.58. The number of nitrogens with zero attached hydrogens (tertiary/aromatic N) is 3. The average molecular weight is 491 g/mol. The van der Waals surface area contributed by atoms with E-state index in [0.29, 0.717) is 18.2 Å². The normalized spacial score (nSPS) is 17.2. The topological polar surface area (TPSA) is 97.2 Å². The number of benzene rings is 1. The van der Waals surface area contributed by atoms with E-state index >= 15 is 0 Å². The van der Waals surface area contributed by atoms with E-state index in [4.69, 9.17) is 21.7 Å². The predicted octanol–water partition coefficient (Wildman–Crippen LogP) is 4.00. The zero-order valence-electron chi connectivity index (χ0n) is 18.5. The molecule has 0 saturated carbocycles. The average Bonchev–Trinajstić information content (AvgIpc) is 3.44. The number of amides is 1. The van der Waals surface area contributed by atoms with Crippen LogP contribution in [0.5, 0.6) is 11.5 Å². The Morgan fingerprint density at radius 1 is 1.18 bits per heavy atom. The summed E-state index contributed by atoms with van der Waals surface area (Å²) in [6.07, 6.45) is 2.77. The van der Waals surface area contributed by atoms with Crippen molar-refractivity contribution >= 4 is 45.3 Å². The summed E-state index contributed by atoms with van der Waals surface area (Å²) < 4.78 is 10.4. The minimum atomic E-state index is -0.510. The van der Waals surface area contributed by atoms with Crippen LogP contribution in [0.4, 0.5) is 10.7 Å². The molecular formula is C22H26N4O5S2. The number of methoxy groups -OCH3 is 2. The number of thiocarbonyl (C=S) groups is 1. The minimum absolute atomic E-state index is 0.0485. The van der Waals surface area contributed by atoms with Crippen LogP contribution in [0.25, 0.3) is 0 Å². The number of piperidine rings is 1. The van der Waals surface area contributed by atoms with Gasteiger partial charge in [0.25, 0.3) is 5.91 Å². The Balaban J connectivity index is 1.35. The monoisotopic (exact) mass is 490 g/mol. The smallest absolute Gasteiger partial charge is 0.366 e. The van der Waals surface area contributed by atoms with Gasteiger partial charge >= 0.3 is 5.00 Å². The molecule has 33 heavy (non-hydrogen) atoms. The Hall–Kier alpha value is -2.92. The van der Waals surface area contributed by atoms with Crippen molar-refractivity contribution in [2.24, 2.45) is 5.41 Å². The second kappa shape index (κ2) is 9.52. The highest BCUT2D eigenvalue weighted by molar-refractivity contribution is 7.80. The van der Waals surface area contributed by atoms with Gasteiger partial charge in [0.15, 0.2) is 5.11 Å². The summed E-state index contributed by atoms with van der Waals surface area (Å²) in [7, 11) is 2.99. The van der Waals surface area contributed by atoms with Gasteiger partial charge in [-0.3, -0.25) is 14.9 Å². The van der Waals surface area contributed by atoms with Gasteiger partial charge in [0, 0.05) is 43.3 Å². The van der Waals surface area contributed by atoms with Crippen LogP contribution in [0.3, 0.4) is 0 Å². The van der Waals surface area contributed by atoms with E-state index in [1.807, 2.05) is 24.3 Å². The number of nitro groups is 1. The molecule has 1 aromatic heterocycles. The highest BCUT2D eigenvalue weighted by Crippen LogP contribution is 2.43. The van der Waals surface area contributed by atoms with Gasteiger partial charge in [-0.1, -0.05) is 17.4 Å². The molecule has 4 rings (SSSR count). The number of anilines is 1. The maximum atomic E-state index is 13.1. The van der Waals surface area contributed by atoms with Crippen molar-refractivity contribution in [3.05, 3.63) is 45.3 Å². The highest BCUT2D eigenvalue weighted by Gasteiger charge is 2.43. The van der Waals surface area contributed by atoms with Gasteiger partial charge in [-0.2, -0.15) is 0 Å². The van der Waals surface area contributed by atoms with Crippen molar-refractivity contribution in [2.45, 2.75) is 19.3 Å². The molecule has 176 valence electrons. The number of likely N-dealkylation sites (tertiary alicyclic amines) is 2. The molecule has 3 heterocycles. The van der Waals surface area contributed by atoms with Gasteiger partial charge in [-0.15, -0.1) is 0 Å². The Kier molecular flexibility index (Phi) is 6.71. The second-order valence-electron chi connectivity index (χ2n) is 8.37. The third-order valence-corrected chi connectivity index (χ3v) is 7.76. The molecule has 1 aromatic carbocycles. The molecule has 2 aromatic rings. The van der Waals surface area contributed by atoms with Gasteiger partial charge in [-0.05, 0) is 49.0 Å². The first-order chi connectivity index (χ1) is 15.9. The van der Waals surface area contributed by atoms with E-state index in [0.717, 1.165) is 55.1 Å². The number of hydrogen-bond donors (Lipinski definition) is 1. The van der Waals surface area contributed by atoms with Crippen molar-refractivity contribution in [1.29, 1.82) is 0 Å². The standard InChI is InChI=1S/C22H26N4O5S2/c1-30-16-5-3-4-15(12-16)23-21(32)24-9-6-22(7-10-24)8-11-25(14-22)19(27)17-13-33-20(26(28)29)18(17)31-2/h3-5,12-13H,6-11,14H2,1-2H3,(H,23,32). The molecule has 9 nitrogen and oxygen atoms in total. The minimum Gasteiger partial charge on any atom is -0.497 e. The van der Waals surface area contributed by atoms with Crippen molar-refractivity contribution in [2.75, 3.05) is 45.7 Å². The van der Waals surface area contributed by atoms with Gasteiger partial charge in [-0.25, -0.2) is 0 Å². The van der Waals surface area contributed by atoms with Gasteiger partial charge in [0.2, 0.25) is 5.75 Å². The zero-order chi connectivity index (χ0) is 23.6. The fraction of sp³-hybridized carbons (Fsp3) is 0.455. The summed E-state index contributed by atoms with van der Waals surface area (Å²) in [5.41, 5.74) is 1.20. The first-order valence-corrected chi connectivity index (χ1v) is 11.9. The van der Waals surface area contributed by atoms with E-state index in [9.17, 15) is 14.9 Å². The summed E-state index contributed by atoms with van der Waals surface area (Å²) in [6, 6.07) is 7.65. The van der Waals surface area contributed by atoms with Crippen molar-refractivity contribution in [3.63, 3.8) is 0 Å². The lowest BCUT2D eigenvalue weighted by Crippen LogP contribution is -2.46. The molecule has 2 fully saturated rings. The Labute approximate surface area is 201 Å². The quantitative estimate of drug-likeness (QED) is 0.382. The molecular weight excluding hydrogens is 464 g/mol. The predicted molar refractivity (Wildman–Crippen MR) is 131 cm³/mol. The van der Waals surface area contributed by atoms with Gasteiger partial charge < -0.3 is 24.6 Å².